The standard InChI is InChI=1S/C23H29ClO5/c1-14(7-6-8-15(2)10-12-19(26)23(4,5)29)9-11-17-21(27)18(13-25)16(3)20(24)22(17)28/h8-10,12-13,27-29H,6-7,11H2,1-5H3/b12-10+,14-9-,15-8-. The van der Waals surface area contributed by atoms with E-state index in [1.54, 1.807) is 13.0 Å². The molecule has 1 rings (SSSR count). The molecule has 0 saturated carbocycles. The molecule has 0 aliphatic rings. The molecule has 29 heavy (non-hydrogen) atoms. The number of aromatic hydroxyl groups is 2. The minimum atomic E-state index is -1.38. The van der Waals surface area contributed by atoms with Gasteiger partial charge in [0.2, 0.25) is 0 Å². The van der Waals surface area contributed by atoms with Crippen molar-refractivity contribution in [1.82, 2.24) is 0 Å². The molecular formula is C23H29ClO5. The van der Waals surface area contributed by atoms with Crippen molar-refractivity contribution in [3.05, 3.63) is 57.2 Å². The third-order valence-electron chi connectivity index (χ3n) is 4.65. The molecule has 0 heterocycles. The number of aldehydes is 1. The second-order valence-corrected chi connectivity index (χ2v) is 8.02. The van der Waals surface area contributed by atoms with Crippen LogP contribution >= 0.6 is 11.6 Å². The predicted molar refractivity (Wildman–Crippen MR) is 116 cm³/mol. The SMILES string of the molecule is CC(=C/CC/C(C)=C\Cc1c(O)c(Cl)c(C)c(C=O)c1O)/C=C/C(=O)C(C)(C)O. The summed E-state index contributed by atoms with van der Waals surface area (Å²) in [6.07, 6.45) is 9.14. The number of phenolic OH excluding ortho intramolecular Hbond substituents is 2. The highest BCUT2D eigenvalue weighted by Crippen LogP contribution is 2.40. The fourth-order valence-electron chi connectivity index (χ4n) is 2.60. The normalized spacial score (nSPS) is 13.2. The van der Waals surface area contributed by atoms with Gasteiger partial charge in [0, 0.05) is 5.56 Å². The maximum absolute atomic E-state index is 11.7. The molecule has 158 valence electrons. The van der Waals surface area contributed by atoms with E-state index in [1.165, 1.54) is 19.9 Å². The fourth-order valence-corrected chi connectivity index (χ4v) is 2.82. The number of hydrogen-bond donors (Lipinski definition) is 3. The van der Waals surface area contributed by atoms with Crippen molar-refractivity contribution in [2.24, 2.45) is 0 Å². The van der Waals surface area contributed by atoms with E-state index in [-0.39, 0.29) is 39.9 Å². The van der Waals surface area contributed by atoms with Gasteiger partial charge in [-0.3, -0.25) is 9.59 Å². The molecule has 0 atom stereocenters. The van der Waals surface area contributed by atoms with Crippen molar-refractivity contribution in [3.63, 3.8) is 0 Å². The molecule has 0 amide bonds. The highest BCUT2D eigenvalue weighted by atomic mass is 35.5. The van der Waals surface area contributed by atoms with Gasteiger partial charge >= 0.3 is 0 Å². The molecular weight excluding hydrogens is 392 g/mol. The number of aliphatic hydroxyl groups is 1. The van der Waals surface area contributed by atoms with Gasteiger partial charge in [0.05, 0.1) is 10.6 Å². The highest BCUT2D eigenvalue weighted by molar-refractivity contribution is 6.33. The zero-order valence-corrected chi connectivity index (χ0v) is 18.3. The molecule has 0 aliphatic heterocycles. The van der Waals surface area contributed by atoms with Crippen LogP contribution in [-0.4, -0.2) is 33.0 Å². The third kappa shape index (κ3) is 6.87. The van der Waals surface area contributed by atoms with Crippen LogP contribution in [0.25, 0.3) is 0 Å². The smallest absolute Gasteiger partial charge is 0.186 e. The topological polar surface area (TPSA) is 94.8 Å². The molecule has 0 bridgehead atoms. The van der Waals surface area contributed by atoms with E-state index in [2.05, 4.69) is 0 Å². The molecule has 0 radical (unpaired) electrons. The van der Waals surface area contributed by atoms with E-state index in [0.717, 1.165) is 24.0 Å². The lowest BCUT2D eigenvalue weighted by molar-refractivity contribution is -0.128. The van der Waals surface area contributed by atoms with Gasteiger partial charge in [0.1, 0.15) is 17.1 Å². The van der Waals surface area contributed by atoms with Crippen LogP contribution in [0.4, 0.5) is 0 Å². The van der Waals surface area contributed by atoms with Gasteiger partial charge in [-0.1, -0.05) is 41.0 Å². The molecule has 3 N–H and O–H groups in total. The number of rotatable bonds is 9. The molecule has 0 unspecified atom stereocenters. The Morgan fingerprint density at radius 3 is 2.28 bits per heavy atom. The molecule has 0 fully saturated rings. The van der Waals surface area contributed by atoms with Crippen LogP contribution in [0.5, 0.6) is 11.5 Å². The molecule has 1 aromatic carbocycles. The Morgan fingerprint density at radius 1 is 1.10 bits per heavy atom. The van der Waals surface area contributed by atoms with Crippen molar-refractivity contribution in [2.45, 2.75) is 59.5 Å². The van der Waals surface area contributed by atoms with Crippen molar-refractivity contribution >= 4 is 23.7 Å². The minimum Gasteiger partial charge on any atom is -0.507 e. The summed E-state index contributed by atoms with van der Waals surface area (Å²) in [5, 5.41) is 30.1. The Hall–Kier alpha value is -2.37. The van der Waals surface area contributed by atoms with Crippen molar-refractivity contribution in [1.29, 1.82) is 0 Å². The number of allylic oxidation sites excluding steroid dienone is 5. The molecule has 0 aromatic heterocycles. The van der Waals surface area contributed by atoms with Gasteiger partial charge < -0.3 is 15.3 Å². The maximum atomic E-state index is 11.7. The summed E-state index contributed by atoms with van der Waals surface area (Å²) in [6.45, 7) is 8.26. The first-order valence-electron chi connectivity index (χ1n) is 9.35. The number of halogens is 1. The van der Waals surface area contributed by atoms with Gasteiger partial charge in [-0.15, -0.1) is 0 Å². The highest BCUT2D eigenvalue weighted by Gasteiger charge is 2.20. The maximum Gasteiger partial charge on any atom is 0.186 e. The number of ketones is 1. The van der Waals surface area contributed by atoms with E-state index >= 15 is 0 Å². The average molecular weight is 421 g/mol. The monoisotopic (exact) mass is 420 g/mol. The molecule has 1 aromatic rings. The summed E-state index contributed by atoms with van der Waals surface area (Å²) in [5.41, 5.74) is 1.22. The second kappa shape index (κ2) is 10.4. The molecule has 0 spiro atoms. The number of carbonyl (C=O) groups is 2. The number of benzene rings is 1. The van der Waals surface area contributed by atoms with Crippen LogP contribution in [0.15, 0.2) is 35.5 Å². The van der Waals surface area contributed by atoms with Gasteiger partial charge in [-0.05, 0) is 65.5 Å². The summed E-state index contributed by atoms with van der Waals surface area (Å²) in [5.74, 6) is -0.818. The number of hydrogen-bond acceptors (Lipinski definition) is 5. The molecule has 0 saturated heterocycles. The van der Waals surface area contributed by atoms with Gasteiger partial charge in [0.15, 0.2) is 12.1 Å². The first-order chi connectivity index (χ1) is 13.4. The van der Waals surface area contributed by atoms with Gasteiger partial charge in [0.25, 0.3) is 0 Å². The van der Waals surface area contributed by atoms with E-state index in [0.29, 0.717) is 11.8 Å². The predicted octanol–water partition coefficient (Wildman–Crippen LogP) is 4.98. The Bertz CT molecular complexity index is 870. The molecule has 5 nitrogen and oxygen atoms in total. The van der Waals surface area contributed by atoms with Crippen LogP contribution in [0.3, 0.4) is 0 Å². The van der Waals surface area contributed by atoms with Crippen LogP contribution in [-0.2, 0) is 11.2 Å². The lowest BCUT2D eigenvalue weighted by atomic mass is 9.99. The Labute approximate surface area is 177 Å². The van der Waals surface area contributed by atoms with E-state index in [1.807, 2.05) is 26.0 Å². The van der Waals surface area contributed by atoms with Crippen molar-refractivity contribution in [2.75, 3.05) is 0 Å². The van der Waals surface area contributed by atoms with E-state index < -0.39 is 5.60 Å². The minimum absolute atomic E-state index is 0.0666. The van der Waals surface area contributed by atoms with Crippen LogP contribution in [0, 0.1) is 6.92 Å². The number of carbonyl (C=O) groups excluding carboxylic acids is 2. The average Bonchev–Trinajstić information content (AvgIpc) is 2.64. The summed E-state index contributed by atoms with van der Waals surface area (Å²) in [6, 6.07) is 0. The zero-order chi connectivity index (χ0) is 22.4. The largest absolute Gasteiger partial charge is 0.507 e. The van der Waals surface area contributed by atoms with Crippen molar-refractivity contribution in [3.8, 4) is 11.5 Å². The van der Waals surface area contributed by atoms with Gasteiger partial charge in [-0.25, -0.2) is 0 Å². The van der Waals surface area contributed by atoms with Gasteiger partial charge in [-0.2, -0.15) is 0 Å². The quantitative estimate of drug-likeness (QED) is 0.226. The first-order valence-corrected chi connectivity index (χ1v) is 9.73. The summed E-state index contributed by atoms with van der Waals surface area (Å²) in [7, 11) is 0. The summed E-state index contributed by atoms with van der Waals surface area (Å²) < 4.78 is 0. The fraction of sp³-hybridized carbons (Fsp3) is 0.391. The first kappa shape index (κ1) is 24.7. The lowest BCUT2D eigenvalue weighted by Gasteiger charge is -2.13. The third-order valence-corrected chi connectivity index (χ3v) is 5.11. The van der Waals surface area contributed by atoms with Crippen LogP contribution in [0.2, 0.25) is 5.02 Å². The van der Waals surface area contributed by atoms with E-state index in [4.69, 9.17) is 11.6 Å². The Kier molecular flexibility index (Phi) is 8.86. The Balaban J connectivity index is 2.79. The molecule has 6 heteroatoms. The second-order valence-electron chi connectivity index (χ2n) is 7.64. The van der Waals surface area contributed by atoms with Crippen LogP contribution < -0.4 is 0 Å². The number of phenols is 2. The van der Waals surface area contributed by atoms with E-state index in [9.17, 15) is 24.9 Å². The Morgan fingerprint density at radius 2 is 1.72 bits per heavy atom. The lowest BCUT2D eigenvalue weighted by Crippen LogP contribution is -2.29. The summed E-state index contributed by atoms with van der Waals surface area (Å²) in [4.78, 5) is 22.9. The van der Waals surface area contributed by atoms with Crippen LogP contribution in [0.1, 0.15) is 62.0 Å². The molecule has 0 aliphatic carbocycles. The zero-order valence-electron chi connectivity index (χ0n) is 17.5. The van der Waals surface area contributed by atoms with Crippen molar-refractivity contribution < 1.29 is 24.9 Å². The summed E-state index contributed by atoms with van der Waals surface area (Å²) >= 11 is 6.06.